The molecule has 3 aromatic carbocycles. The standard InChI is InChI=1S/2C7H6O3.C6H6O2/c2*8-6-3-1-5(2-4-6)7(9)10;7-5-1-2-6(8)4-3-5/h2*1-4,8H,(H,9,10);1-4,7-8H. The number of phenols is 4. The van der Waals surface area contributed by atoms with Gasteiger partial charge in [-0.15, -0.1) is 0 Å². The Morgan fingerprint density at radius 1 is 0.429 bits per heavy atom. The number of aromatic hydroxyl groups is 4. The van der Waals surface area contributed by atoms with Gasteiger partial charge in [0.25, 0.3) is 0 Å². The van der Waals surface area contributed by atoms with E-state index >= 15 is 0 Å². The fourth-order valence-electron chi connectivity index (χ4n) is 1.66. The van der Waals surface area contributed by atoms with Gasteiger partial charge in [0.15, 0.2) is 0 Å². The molecule has 3 rings (SSSR count). The molecular formula is C20H18O8. The number of benzene rings is 3. The Balaban J connectivity index is 0.000000212. The molecule has 0 fully saturated rings. The summed E-state index contributed by atoms with van der Waals surface area (Å²) in [4.78, 5) is 20.5. The van der Waals surface area contributed by atoms with E-state index in [1.807, 2.05) is 0 Å². The molecule has 0 radical (unpaired) electrons. The molecule has 8 nitrogen and oxygen atoms in total. The Morgan fingerprint density at radius 2 is 0.607 bits per heavy atom. The number of carboxylic acids is 2. The zero-order valence-electron chi connectivity index (χ0n) is 14.4. The van der Waals surface area contributed by atoms with Crippen molar-refractivity contribution in [1.29, 1.82) is 0 Å². The van der Waals surface area contributed by atoms with Crippen LogP contribution in [0.5, 0.6) is 23.0 Å². The zero-order valence-corrected chi connectivity index (χ0v) is 14.4. The van der Waals surface area contributed by atoms with Crippen LogP contribution in [0.1, 0.15) is 20.7 Å². The van der Waals surface area contributed by atoms with Crippen LogP contribution in [0.25, 0.3) is 0 Å². The van der Waals surface area contributed by atoms with Gasteiger partial charge in [0.1, 0.15) is 23.0 Å². The lowest BCUT2D eigenvalue weighted by molar-refractivity contribution is 0.0686. The Labute approximate surface area is 159 Å². The summed E-state index contributed by atoms with van der Waals surface area (Å²) in [6, 6.07) is 16.4. The molecule has 0 aliphatic carbocycles. The third kappa shape index (κ3) is 8.26. The van der Waals surface area contributed by atoms with Crippen molar-refractivity contribution < 1.29 is 40.2 Å². The van der Waals surface area contributed by atoms with Crippen LogP contribution in [0, 0.1) is 0 Å². The average Bonchev–Trinajstić information content (AvgIpc) is 2.66. The number of aromatic carboxylic acids is 2. The van der Waals surface area contributed by atoms with Crippen molar-refractivity contribution in [2.75, 3.05) is 0 Å². The summed E-state index contributed by atoms with van der Waals surface area (Å²) in [5.41, 5.74) is 0.357. The normalized spacial score (nSPS) is 9.14. The Bertz CT molecular complexity index is 808. The van der Waals surface area contributed by atoms with Gasteiger partial charge >= 0.3 is 11.9 Å². The van der Waals surface area contributed by atoms with Crippen LogP contribution in [-0.2, 0) is 0 Å². The average molecular weight is 386 g/mol. The maximum Gasteiger partial charge on any atom is 0.335 e. The van der Waals surface area contributed by atoms with Crippen molar-refractivity contribution in [3.63, 3.8) is 0 Å². The molecule has 8 heteroatoms. The van der Waals surface area contributed by atoms with E-state index in [2.05, 4.69) is 0 Å². The van der Waals surface area contributed by atoms with E-state index in [1.165, 1.54) is 72.8 Å². The topological polar surface area (TPSA) is 156 Å². The van der Waals surface area contributed by atoms with E-state index in [-0.39, 0.29) is 34.1 Å². The first-order chi connectivity index (χ1) is 13.2. The minimum Gasteiger partial charge on any atom is -0.508 e. The molecule has 0 aliphatic heterocycles. The van der Waals surface area contributed by atoms with Crippen LogP contribution in [0.2, 0.25) is 0 Å². The van der Waals surface area contributed by atoms with Gasteiger partial charge < -0.3 is 30.6 Å². The lowest BCUT2D eigenvalue weighted by atomic mass is 10.2. The quantitative estimate of drug-likeness (QED) is 0.367. The number of hydrogen-bond donors (Lipinski definition) is 6. The summed E-state index contributed by atoms with van der Waals surface area (Å²) in [6.45, 7) is 0. The lowest BCUT2D eigenvalue weighted by Gasteiger charge is -1.92. The minimum atomic E-state index is -0.986. The van der Waals surface area contributed by atoms with Crippen molar-refractivity contribution in [1.82, 2.24) is 0 Å². The van der Waals surface area contributed by atoms with Gasteiger partial charge in [-0.2, -0.15) is 0 Å². The third-order valence-corrected chi connectivity index (χ3v) is 3.08. The molecule has 28 heavy (non-hydrogen) atoms. The predicted molar refractivity (Wildman–Crippen MR) is 99.9 cm³/mol. The summed E-state index contributed by atoms with van der Waals surface area (Å²) in [6.07, 6.45) is 0. The van der Waals surface area contributed by atoms with Gasteiger partial charge in [-0.1, -0.05) is 0 Å². The molecule has 0 unspecified atom stereocenters. The first-order valence-corrected chi connectivity index (χ1v) is 7.71. The van der Waals surface area contributed by atoms with E-state index in [1.54, 1.807) is 0 Å². The SMILES string of the molecule is O=C(O)c1ccc(O)cc1.O=C(O)c1ccc(O)cc1.Oc1ccc(O)cc1. The van der Waals surface area contributed by atoms with Crippen LogP contribution in [-0.4, -0.2) is 42.6 Å². The summed E-state index contributed by atoms with van der Waals surface area (Å²) < 4.78 is 0. The van der Waals surface area contributed by atoms with Gasteiger partial charge in [0.05, 0.1) is 11.1 Å². The van der Waals surface area contributed by atoms with Crippen molar-refractivity contribution in [3.05, 3.63) is 83.9 Å². The largest absolute Gasteiger partial charge is 0.508 e. The molecule has 146 valence electrons. The number of hydrogen-bond acceptors (Lipinski definition) is 6. The highest BCUT2D eigenvalue weighted by Gasteiger charge is 2.00. The molecular weight excluding hydrogens is 368 g/mol. The molecule has 0 amide bonds. The van der Waals surface area contributed by atoms with Gasteiger partial charge in [-0.05, 0) is 72.8 Å². The minimum absolute atomic E-state index is 0.0741. The number of carbonyl (C=O) groups is 2. The Morgan fingerprint density at radius 3 is 0.786 bits per heavy atom. The monoisotopic (exact) mass is 386 g/mol. The summed E-state index contributed by atoms with van der Waals surface area (Å²) >= 11 is 0. The molecule has 0 aromatic heterocycles. The molecule has 0 aliphatic rings. The second kappa shape index (κ2) is 10.7. The zero-order chi connectivity index (χ0) is 21.1. The first-order valence-electron chi connectivity index (χ1n) is 7.71. The van der Waals surface area contributed by atoms with Crippen molar-refractivity contribution in [3.8, 4) is 23.0 Å². The van der Waals surface area contributed by atoms with Gasteiger partial charge in [0, 0.05) is 0 Å². The number of phenolic OH excluding ortho intramolecular Hbond substituents is 4. The Hall–Kier alpha value is -4.20. The second-order valence-corrected chi connectivity index (χ2v) is 5.22. The van der Waals surface area contributed by atoms with E-state index in [4.69, 9.17) is 30.6 Å². The van der Waals surface area contributed by atoms with Crippen LogP contribution in [0.3, 0.4) is 0 Å². The van der Waals surface area contributed by atoms with Crippen molar-refractivity contribution >= 4 is 11.9 Å². The molecule has 0 saturated heterocycles. The molecule has 0 spiro atoms. The maximum absolute atomic E-state index is 10.2. The molecule has 6 N–H and O–H groups in total. The van der Waals surface area contributed by atoms with E-state index < -0.39 is 11.9 Å². The predicted octanol–water partition coefficient (Wildman–Crippen LogP) is 3.28. The van der Waals surface area contributed by atoms with Crippen LogP contribution in [0.4, 0.5) is 0 Å². The van der Waals surface area contributed by atoms with Gasteiger partial charge in [-0.3, -0.25) is 0 Å². The highest BCUT2D eigenvalue weighted by Crippen LogP contribution is 2.13. The van der Waals surface area contributed by atoms with E-state index in [9.17, 15) is 9.59 Å². The van der Waals surface area contributed by atoms with E-state index in [0.29, 0.717) is 0 Å². The number of carboxylic acid groups (broad SMARTS) is 2. The maximum atomic E-state index is 10.2. The highest BCUT2D eigenvalue weighted by atomic mass is 16.4. The smallest absolute Gasteiger partial charge is 0.335 e. The Kier molecular flexibility index (Phi) is 8.36. The second-order valence-electron chi connectivity index (χ2n) is 5.22. The lowest BCUT2D eigenvalue weighted by Crippen LogP contribution is -1.93. The van der Waals surface area contributed by atoms with Crippen LogP contribution in [0.15, 0.2) is 72.8 Å². The van der Waals surface area contributed by atoms with Gasteiger partial charge in [-0.25, -0.2) is 9.59 Å². The molecule has 0 atom stereocenters. The third-order valence-electron chi connectivity index (χ3n) is 3.08. The van der Waals surface area contributed by atoms with Crippen LogP contribution >= 0.6 is 0 Å². The van der Waals surface area contributed by atoms with Gasteiger partial charge in [0.2, 0.25) is 0 Å². The highest BCUT2D eigenvalue weighted by molar-refractivity contribution is 5.88. The molecule has 0 heterocycles. The van der Waals surface area contributed by atoms with E-state index in [0.717, 1.165) is 0 Å². The fraction of sp³-hybridized carbons (Fsp3) is 0. The molecule has 0 saturated carbocycles. The van der Waals surface area contributed by atoms with Crippen LogP contribution < -0.4 is 0 Å². The summed E-state index contributed by atoms with van der Waals surface area (Å²) in [5, 5.41) is 51.6. The fourth-order valence-corrected chi connectivity index (χ4v) is 1.66. The summed E-state index contributed by atoms with van der Waals surface area (Å²) in [7, 11) is 0. The molecule has 0 bridgehead atoms. The molecule has 3 aromatic rings. The number of rotatable bonds is 2. The summed E-state index contributed by atoms with van der Waals surface area (Å²) in [5.74, 6) is -1.49. The van der Waals surface area contributed by atoms with Crippen molar-refractivity contribution in [2.24, 2.45) is 0 Å². The first kappa shape index (κ1) is 21.8. The van der Waals surface area contributed by atoms with Crippen molar-refractivity contribution in [2.45, 2.75) is 0 Å².